The molecule has 1 aliphatic rings. The molecule has 0 radical (unpaired) electrons. The Labute approximate surface area is 151 Å². The van der Waals surface area contributed by atoms with Gasteiger partial charge in [-0.1, -0.05) is 12.8 Å². The third-order valence-electron chi connectivity index (χ3n) is 3.07. The Morgan fingerprint density at radius 2 is 2.09 bits per heavy atom. The van der Waals surface area contributed by atoms with Gasteiger partial charge < -0.3 is 21.7 Å². The number of nitrogens with one attached hydrogen (secondary N) is 1. The maximum absolute atomic E-state index is 11.9. The van der Waals surface area contributed by atoms with Crippen LogP contribution in [0.25, 0.3) is 0 Å². The molecule has 12 heteroatoms. The highest BCUT2D eigenvalue weighted by molar-refractivity contribution is 7.99. The number of hydrogen-bond acceptors (Lipinski definition) is 5. The number of rotatable bonds is 8. The van der Waals surface area contributed by atoms with Gasteiger partial charge in [0.05, 0.1) is 11.9 Å². The number of halogens is 2. The Morgan fingerprint density at radius 1 is 1.39 bits per heavy atom. The summed E-state index contributed by atoms with van der Waals surface area (Å²) < 4.78 is 0. The van der Waals surface area contributed by atoms with Gasteiger partial charge in [0.2, 0.25) is 5.91 Å². The van der Waals surface area contributed by atoms with Gasteiger partial charge in [0.1, 0.15) is 5.10 Å². The molecule has 0 aliphatic carbocycles. The van der Waals surface area contributed by atoms with Gasteiger partial charge in [-0.3, -0.25) is 4.79 Å². The van der Waals surface area contributed by atoms with Crippen molar-refractivity contribution < 1.29 is 9.83 Å². The van der Waals surface area contributed by atoms with Crippen molar-refractivity contribution in [1.29, 1.82) is 0 Å². The zero-order valence-electron chi connectivity index (χ0n) is 12.7. The number of thioether (sulfide) groups is 1. The van der Waals surface area contributed by atoms with E-state index in [0.717, 1.165) is 37.4 Å². The molecule has 23 heavy (non-hydrogen) atoms. The van der Waals surface area contributed by atoms with E-state index in [1.54, 1.807) is 16.7 Å². The lowest BCUT2D eigenvalue weighted by Gasteiger charge is -2.19. The fourth-order valence-electron chi connectivity index (χ4n) is 1.95. The first-order chi connectivity index (χ1) is 10.0. The van der Waals surface area contributed by atoms with Gasteiger partial charge in [-0.2, -0.15) is 0 Å². The van der Waals surface area contributed by atoms with Crippen molar-refractivity contribution >= 4 is 48.4 Å². The Bertz CT molecular complexity index is 396. The van der Waals surface area contributed by atoms with Crippen molar-refractivity contribution in [3.8, 4) is 0 Å². The zero-order chi connectivity index (χ0) is 15.7. The Kier molecular flexibility index (Phi) is 14.2. The predicted octanol–water partition coefficient (Wildman–Crippen LogP) is 0.347. The highest BCUT2D eigenvalue weighted by Gasteiger charge is 2.23. The summed E-state index contributed by atoms with van der Waals surface area (Å²) in [5.41, 5.74) is 11.2. The molecule has 0 spiro atoms. The van der Waals surface area contributed by atoms with Crippen LogP contribution in [0.2, 0.25) is 0 Å². The first-order valence-electron chi connectivity index (χ1n) is 6.85. The van der Waals surface area contributed by atoms with Gasteiger partial charge in [-0.05, 0) is 12.8 Å². The van der Waals surface area contributed by atoms with Gasteiger partial charge in [-0.25, -0.2) is 10.1 Å². The molecule has 0 unspecified atom stereocenters. The number of carbonyl (C=O) groups excluding carboxylic acids is 1. The number of guanidine groups is 1. The molecule has 1 rings (SSSR count). The third kappa shape index (κ3) is 10.4. The predicted molar refractivity (Wildman–Crippen MR) is 96.6 cm³/mol. The summed E-state index contributed by atoms with van der Waals surface area (Å²) in [5, 5.41) is 14.8. The Balaban J connectivity index is 0. The smallest absolute Gasteiger partial charge is 0.266 e. The number of hydrogen-bond donors (Lipinski definition) is 3. The highest BCUT2D eigenvalue weighted by Crippen LogP contribution is 2.15. The summed E-state index contributed by atoms with van der Waals surface area (Å²) in [4.78, 5) is 23.8. The van der Waals surface area contributed by atoms with Crippen LogP contribution in [0.3, 0.4) is 0 Å². The first kappa shape index (κ1) is 24.3. The molecule has 1 fully saturated rings. The van der Waals surface area contributed by atoms with E-state index >= 15 is 0 Å². The van der Waals surface area contributed by atoms with E-state index in [1.165, 1.54) is 0 Å². The van der Waals surface area contributed by atoms with Crippen molar-refractivity contribution in [2.24, 2.45) is 16.6 Å². The molecular formula is C11H24Cl2N6O3S. The first-order valence-corrected chi connectivity index (χ1v) is 8.00. The number of nitrogens with zero attached hydrogens (tertiary/aromatic N) is 3. The standard InChI is InChI=1S/C11H22N6O3S.2ClH/c12-9(10(18)16-6-7-21-8-16)4-2-1-3-5-14-11(13)15-17(19)20;;/h9H,1-8,12H2,(H3,13,14,15);2*1H/t9-;;/m0../s1. The monoisotopic (exact) mass is 390 g/mol. The molecule has 1 atom stereocenters. The molecular weight excluding hydrogens is 367 g/mol. The van der Waals surface area contributed by atoms with E-state index in [0.29, 0.717) is 13.0 Å². The van der Waals surface area contributed by atoms with Gasteiger partial charge >= 0.3 is 0 Å². The van der Waals surface area contributed by atoms with Crippen molar-refractivity contribution in [1.82, 2.24) is 10.2 Å². The van der Waals surface area contributed by atoms with E-state index in [-0.39, 0.29) is 36.7 Å². The second-order valence-corrected chi connectivity index (χ2v) is 5.82. The normalized spacial score (nSPS) is 15.3. The molecule has 9 nitrogen and oxygen atoms in total. The van der Waals surface area contributed by atoms with Crippen molar-refractivity contribution in [3.05, 3.63) is 10.1 Å². The van der Waals surface area contributed by atoms with Gasteiger partial charge in [-0.15, -0.1) is 36.6 Å². The van der Waals surface area contributed by atoms with E-state index in [4.69, 9.17) is 11.5 Å². The molecule has 1 amide bonds. The van der Waals surface area contributed by atoms with Crippen LogP contribution >= 0.6 is 36.6 Å². The Hall–Kier alpha value is -0.970. The lowest BCUT2D eigenvalue weighted by atomic mass is 10.1. The van der Waals surface area contributed by atoms with Crippen LogP contribution in [0.15, 0.2) is 5.10 Å². The van der Waals surface area contributed by atoms with Gasteiger partial charge in [0.15, 0.2) is 5.03 Å². The zero-order valence-corrected chi connectivity index (χ0v) is 15.1. The van der Waals surface area contributed by atoms with Crippen LogP contribution in [0.5, 0.6) is 0 Å². The molecule has 0 aromatic rings. The third-order valence-corrected chi connectivity index (χ3v) is 4.03. The molecule has 1 heterocycles. The summed E-state index contributed by atoms with van der Waals surface area (Å²) in [6.45, 7) is 1.30. The highest BCUT2D eigenvalue weighted by atomic mass is 35.5. The van der Waals surface area contributed by atoms with Crippen LogP contribution in [-0.4, -0.2) is 52.6 Å². The fraction of sp³-hybridized carbons (Fsp3) is 0.818. The fourth-order valence-corrected chi connectivity index (χ4v) is 2.91. The Morgan fingerprint density at radius 3 is 2.65 bits per heavy atom. The van der Waals surface area contributed by atoms with Crippen molar-refractivity contribution in [2.45, 2.75) is 31.7 Å². The maximum Gasteiger partial charge on any atom is 0.266 e. The van der Waals surface area contributed by atoms with Gasteiger partial charge in [0.25, 0.3) is 5.96 Å². The lowest BCUT2D eigenvalue weighted by Crippen LogP contribution is -2.42. The van der Waals surface area contributed by atoms with E-state index in [9.17, 15) is 14.9 Å². The average molecular weight is 391 g/mol. The van der Waals surface area contributed by atoms with Crippen LogP contribution < -0.4 is 16.8 Å². The summed E-state index contributed by atoms with van der Waals surface area (Å²) in [6, 6.07) is -0.433. The number of unbranched alkanes of at least 4 members (excludes halogenated alkanes) is 2. The lowest BCUT2D eigenvalue weighted by molar-refractivity contribution is -0.485. The summed E-state index contributed by atoms with van der Waals surface area (Å²) in [7, 11) is 0. The quantitative estimate of drug-likeness (QED) is 0.178. The van der Waals surface area contributed by atoms with Gasteiger partial charge in [0, 0.05) is 18.8 Å². The molecule has 0 bridgehead atoms. The van der Waals surface area contributed by atoms with Crippen LogP contribution in [0.4, 0.5) is 0 Å². The molecule has 0 aromatic heterocycles. The molecule has 0 saturated carbocycles. The molecule has 0 aromatic carbocycles. The van der Waals surface area contributed by atoms with Crippen LogP contribution in [0.1, 0.15) is 25.7 Å². The summed E-state index contributed by atoms with van der Waals surface area (Å²) in [5.74, 6) is 1.56. The molecule has 5 N–H and O–H groups in total. The minimum Gasteiger partial charge on any atom is -0.365 e. The maximum atomic E-state index is 11.9. The minimum atomic E-state index is -0.844. The van der Waals surface area contributed by atoms with E-state index in [2.05, 4.69) is 10.4 Å². The van der Waals surface area contributed by atoms with E-state index < -0.39 is 11.1 Å². The number of carbonyl (C=O) groups is 1. The summed E-state index contributed by atoms with van der Waals surface area (Å²) >= 11 is 1.74. The number of nitro groups is 1. The largest absolute Gasteiger partial charge is 0.365 e. The second-order valence-electron chi connectivity index (χ2n) is 4.74. The molecule has 1 saturated heterocycles. The SMILES string of the molecule is Cl.Cl.NC(=N[N+](=O)[O-])NCCCCC[C@H](N)C(=O)N1CCSC1. The average Bonchev–Trinajstić information content (AvgIpc) is 2.94. The topological polar surface area (TPSA) is 140 Å². The number of amides is 1. The van der Waals surface area contributed by atoms with E-state index in [1.807, 2.05) is 0 Å². The van der Waals surface area contributed by atoms with Crippen LogP contribution in [-0.2, 0) is 4.79 Å². The van der Waals surface area contributed by atoms with Crippen molar-refractivity contribution in [3.63, 3.8) is 0 Å². The molecule has 1 aliphatic heterocycles. The number of nitrogens with two attached hydrogens (primary N) is 2. The van der Waals surface area contributed by atoms with Crippen LogP contribution in [0, 0.1) is 10.1 Å². The van der Waals surface area contributed by atoms with Crippen molar-refractivity contribution in [2.75, 3.05) is 24.7 Å². The number of hydrazone groups is 1. The minimum absolute atomic E-state index is 0. The second kappa shape index (κ2) is 13.5. The molecule has 136 valence electrons. The summed E-state index contributed by atoms with van der Waals surface area (Å²) in [6.07, 6.45) is 3.14.